The predicted molar refractivity (Wildman–Crippen MR) is 93.4 cm³/mol. The number of carbonyl (C=O) groups excluding carboxylic acids is 2. The quantitative estimate of drug-likeness (QED) is 0.853. The normalized spacial score (nSPS) is 12.7. The number of esters is 1. The van der Waals surface area contributed by atoms with Gasteiger partial charge in [0.25, 0.3) is 0 Å². The first-order valence-electron chi connectivity index (χ1n) is 8.09. The molecule has 1 heterocycles. The Hall–Kier alpha value is -2.43. The van der Waals surface area contributed by atoms with Crippen molar-refractivity contribution in [2.45, 2.75) is 52.2 Å². The Labute approximate surface area is 142 Å². The Bertz CT molecular complexity index is 729. The van der Waals surface area contributed by atoms with Crippen LogP contribution in [0.5, 0.6) is 0 Å². The molecule has 0 aliphatic carbocycles. The Morgan fingerprint density at radius 1 is 1.21 bits per heavy atom. The Morgan fingerprint density at radius 3 is 2.58 bits per heavy atom. The highest BCUT2D eigenvalue weighted by molar-refractivity contribution is 5.83. The molecule has 1 atom stereocenters. The molecular weight excluding hydrogens is 304 g/mol. The van der Waals surface area contributed by atoms with Crippen molar-refractivity contribution in [1.29, 1.82) is 0 Å². The number of fused-ring (bicyclic) bond motifs is 1. The van der Waals surface area contributed by atoms with Gasteiger partial charge in [0.1, 0.15) is 5.60 Å². The van der Waals surface area contributed by atoms with Gasteiger partial charge in [0.2, 0.25) is 5.91 Å². The Morgan fingerprint density at radius 2 is 1.92 bits per heavy atom. The number of rotatable bonds is 5. The van der Waals surface area contributed by atoms with Crippen LogP contribution in [-0.2, 0) is 14.3 Å². The number of nitrogens with one attached hydrogen (secondary N) is 1. The van der Waals surface area contributed by atoms with Crippen molar-refractivity contribution in [2.75, 3.05) is 0 Å². The first kappa shape index (κ1) is 17.9. The number of aromatic nitrogens is 1. The van der Waals surface area contributed by atoms with Crippen LogP contribution in [0.15, 0.2) is 36.5 Å². The fourth-order valence-electron chi connectivity index (χ4n) is 2.63. The van der Waals surface area contributed by atoms with E-state index in [9.17, 15) is 9.59 Å². The molecule has 0 fully saturated rings. The van der Waals surface area contributed by atoms with E-state index in [0.29, 0.717) is 6.42 Å². The van der Waals surface area contributed by atoms with E-state index < -0.39 is 5.60 Å². The van der Waals surface area contributed by atoms with Gasteiger partial charge in [0.05, 0.1) is 11.6 Å². The first-order valence-corrected chi connectivity index (χ1v) is 8.09. The van der Waals surface area contributed by atoms with Crippen molar-refractivity contribution in [3.63, 3.8) is 0 Å². The van der Waals surface area contributed by atoms with Gasteiger partial charge in [-0.3, -0.25) is 14.6 Å². The van der Waals surface area contributed by atoms with Gasteiger partial charge in [-0.15, -0.1) is 0 Å². The molecule has 5 heteroatoms. The van der Waals surface area contributed by atoms with E-state index in [4.69, 9.17) is 4.74 Å². The minimum Gasteiger partial charge on any atom is -0.460 e. The maximum atomic E-state index is 12.0. The van der Waals surface area contributed by atoms with Crippen LogP contribution >= 0.6 is 0 Å². The van der Waals surface area contributed by atoms with E-state index in [-0.39, 0.29) is 24.3 Å². The monoisotopic (exact) mass is 328 g/mol. The van der Waals surface area contributed by atoms with Crippen LogP contribution in [0.3, 0.4) is 0 Å². The third-order valence-corrected chi connectivity index (χ3v) is 3.49. The summed E-state index contributed by atoms with van der Waals surface area (Å²) in [5, 5.41) is 3.91. The van der Waals surface area contributed by atoms with Crippen LogP contribution in [0, 0.1) is 0 Å². The zero-order valence-electron chi connectivity index (χ0n) is 14.6. The number of benzene rings is 1. The number of nitrogens with zero attached hydrogens (tertiary/aromatic N) is 1. The van der Waals surface area contributed by atoms with Gasteiger partial charge < -0.3 is 10.1 Å². The predicted octanol–water partition coefficient (Wildman–Crippen LogP) is 3.53. The fourth-order valence-corrected chi connectivity index (χ4v) is 2.63. The molecule has 0 bridgehead atoms. The Balaban J connectivity index is 2.22. The average Bonchev–Trinajstić information content (AvgIpc) is 2.49. The lowest BCUT2D eigenvalue weighted by Crippen LogP contribution is -2.28. The van der Waals surface area contributed by atoms with Crippen LogP contribution in [-0.4, -0.2) is 22.5 Å². The average molecular weight is 328 g/mol. The molecule has 1 aromatic heterocycles. The molecular formula is C19H24N2O3. The van der Waals surface area contributed by atoms with Crippen LogP contribution in [0.25, 0.3) is 10.9 Å². The third-order valence-electron chi connectivity index (χ3n) is 3.49. The summed E-state index contributed by atoms with van der Waals surface area (Å²) in [4.78, 5) is 27.9. The van der Waals surface area contributed by atoms with Crippen LogP contribution in [0.2, 0.25) is 0 Å². The zero-order valence-corrected chi connectivity index (χ0v) is 14.6. The number of pyridine rings is 1. The number of ether oxygens (including phenoxy) is 1. The van der Waals surface area contributed by atoms with Crippen molar-refractivity contribution in [2.24, 2.45) is 0 Å². The summed E-state index contributed by atoms with van der Waals surface area (Å²) in [6.07, 6.45) is 2.43. The SMILES string of the molecule is CC(=O)NC(CCC(=O)OC(C)(C)C)c1ccnc2ccccc12. The molecule has 1 aromatic carbocycles. The summed E-state index contributed by atoms with van der Waals surface area (Å²) in [5.41, 5.74) is 1.31. The second kappa shape index (κ2) is 7.43. The summed E-state index contributed by atoms with van der Waals surface area (Å²) in [6.45, 7) is 7.00. The minimum absolute atomic E-state index is 0.134. The molecule has 2 rings (SSSR count). The van der Waals surface area contributed by atoms with Crippen LogP contribution in [0.4, 0.5) is 0 Å². The van der Waals surface area contributed by atoms with Crippen molar-refractivity contribution in [1.82, 2.24) is 10.3 Å². The smallest absolute Gasteiger partial charge is 0.306 e. The first-order chi connectivity index (χ1) is 11.3. The molecule has 0 saturated carbocycles. The summed E-state index contributed by atoms with van der Waals surface area (Å²) in [7, 11) is 0. The highest BCUT2D eigenvalue weighted by Crippen LogP contribution is 2.26. The summed E-state index contributed by atoms with van der Waals surface area (Å²) >= 11 is 0. The standard InChI is InChI=1S/C19H24N2O3/c1-13(22)21-17(9-10-18(23)24-19(2,3)4)15-11-12-20-16-8-6-5-7-14(15)16/h5-8,11-12,17H,9-10H2,1-4H3,(H,21,22). The van der Waals surface area contributed by atoms with Gasteiger partial charge in [0, 0.05) is 24.9 Å². The highest BCUT2D eigenvalue weighted by atomic mass is 16.6. The molecule has 1 N–H and O–H groups in total. The lowest BCUT2D eigenvalue weighted by Gasteiger charge is -2.22. The summed E-state index contributed by atoms with van der Waals surface area (Å²) < 4.78 is 5.35. The van der Waals surface area contributed by atoms with E-state index in [2.05, 4.69) is 10.3 Å². The molecule has 5 nitrogen and oxygen atoms in total. The largest absolute Gasteiger partial charge is 0.460 e. The van der Waals surface area contributed by atoms with Gasteiger partial charge in [0.15, 0.2) is 0 Å². The molecule has 128 valence electrons. The van der Waals surface area contributed by atoms with E-state index in [1.54, 1.807) is 6.20 Å². The highest BCUT2D eigenvalue weighted by Gasteiger charge is 2.20. The van der Waals surface area contributed by atoms with Crippen molar-refractivity contribution < 1.29 is 14.3 Å². The van der Waals surface area contributed by atoms with Crippen molar-refractivity contribution in [3.05, 3.63) is 42.1 Å². The molecule has 0 aliphatic rings. The minimum atomic E-state index is -0.510. The Kier molecular flexibility index (Phi) is 5.54. The van der Waals surface area contributed by atoms with E-state index in [0.717, 1.165) is 16.5 Å². The maximum Gasteiger partial charge on any atom is 0.306 e. The molecule has 1 unspecified atom stereocenters. The topological polar surface area (TPSA) is 68.3 Å². The maximum absolute atomic E-state index is 12.0. The van der Waals surface area contributed by atoms with Crippen molar-refractivity contribution in [3.8, 4) is 0 Å². The third kappa shape index (κ3) is 5.05. The van der Waals surface area contributed by atoms with E-state index in [1.807, 2.05) is 51.1 Å². The number of carbonyl (C=O) groups is 2. The second-order valence-electron chi connectivity index (χ2n) is 6.80. The molecule has 0 radical (unpaired) electrons. The summed E-state index contributed by atoms with van der Waals surface area (Å²) in [6, 6.07) is 9.39. The fraction of sp³-hybridized carbons (Fsp3) is 0.421. The number of amides is 1. The number of hydrogen-bond donors (Lipinski definition) is 1. The lowest BCUT2D eigenvalue weighted by atomic mass is 9.98. The molecule has 24 heavy (non-hydrogen) atoms. The second-order valence-corrected chi connectivity index (χ2v) is 6.80. The van der Waals surface area contributed by atoms with Gasteiger partial charge in [-0.25, -0.2) is 0 Å². The molecule has 1 amide bonds. The van der Waals surface area contributed by atoms with Crippen LogP contribution in [0.1, 0.15) is 52.1 Å². The van der Waals surface area contributed by atoms with Gasteiger partial charge in [-0.05, 0) is 44.9 Å². The molecule has 2 aromatic rings. The lowest BCUT2D eigenvalue weighted by molar-refractivity contribution is -0.155. The van der Waals surface area contributed by atoms with Crippen molar-refractivity contribution >= 4 is 22.8 Å². The molecule has 0 spiro atoms. The summed E-state index contributed by atoms with van der Waals surface area (Å²) in [5.74, 6) is -0.402. The molecule has 0 aliphatic heterocycles. The number of para-hydroxylation sites is 1. The van der Waals surface area contributed by atoms with Crippen LogP contribution < -0.4 is 5.32 Å². The van der Waals surface area contributed by atoms with E-state index in [1.165, 1.54) is 6.92 Å². The van der Waals surface area contributed by atoms with E-state index >= 15 is 0 Å². The van der Waals surface area contributed by atoms with Gasteiger partial charge in [-0.1, -0.05) is 18.2 Å². The zero-order chi connectivity index (χ0) is 17.7. The molecule has 0 saturated heterocycles. The van der Waals surface area contributed by atoms with Gasteiger partial charge in [-0.2, -0.15) is 0 Å². The number of hydrogen-bond acceptors (Lipinski definition) is 4. The van der Waals surface area contributed by atoms with Gasteiger partial charge >= 0.3 is 5.97 Å².